The predicted octanol–water partition coefficient (Wildman–Crippen LogP) is 5.46. The van der Waals surface area contributed by atoms with Crippen molar-refractivity contribution in [2.45, 2.75) is 12.5 Å². The van der Waals surface area contributed by atoms with Crippen LogP contribution < -0.4 is 9.80 Å². The Balaban J connectivity index is 2.26. The van der Waals surface area contributed by atoms with Gasteiger partial charge in [-0.1, -0.05) is 35.2 Å². The summed E-state index contributed by atoms with van der Waals surface area (Å²) < 4.78 is 0. The fraction of sp³-hybridized carbons (Fsp3) is 0.240. The van der Waals surface area contributed by atoms with Gasteiger partial charge in [0.05, 0.1) is 23.6 Å². The van der Waals surface area contributed by atoms with Crippen molar-refractivity contribution in [2.24, 2.45) is 0 Å². The van der Waals surface area contributed by atoms with Gasteiger partial charge >= 0.3 is 5.54 Å². The third kappa shape index (κ3) is 3.59. The molecule has 0 fully saturated rings. The molecular weight excluding hydrogens is 342 g/mol. The highest BCUT2D eigenvalue weighted by Crippen LogP contribution is 2.41. The molecule has 0 aliphatic rings. The summed E-state index contributed by atoms with van der Waals surface area (Å²) in [6, 6.07) is 30.8. The van der Waals surface area contributed by atoms with Crippen LogP contribution in [0.2, 0.25) is 0 Å². The van der Waals surface area contributed by atoms with Crippen LogP contribution in [0.15, 0.2) is 78.9 Å². The van der Waals surface area contributed by atoms with Gasteiger partial charge in [0, 0.05) is 39.6 Å². The van der Waals surface area contributed by atoms with E-state index < -0.39 is 5.54 Å². The molecule has 0 heterocycles. The lowest BCUT2D eigenvalue weighted by atomic mass is 9.77. The number of hydrogen-bond acceptors (Lipinski definition) is 2. The summed E-state index contributed by atoms with van der Waals surface area (Å²) in [5.41, 5.74) is 5.06. The highest BCUT2D eigenvalue weighted by Gasteiger charge is 2.47. The quantitative estimate of drug-likeness (QED) is 0.552. The molecule has 0 bridgehead atoms. The molecule has 0 radical (unpaired) electrons. The highest BCUT2D eigenvalue weighted by atomic mass is 15.1. The van der Waals surface area contributed by atoms with Crippen LogP contribution in [0.25, 0.3) is 4.85 Å². The molecule has 0 spiro atoms. The van der Waals surface area contributed by atoms with Gasteiger partial charge in [-0.15, -0.1) is 0 Å². The molecule has 0 N–H and O–H groups in total. The molecule has 3 nitrogen and oxygen atoms in total. The second-order valence-corrected chi connectivity index (χ2v) is 7.29. The van der Waals surface area contributed by atoms with Gasteiger partial charge in [0.2, 0.25) is 0 Å². The minimum absolute atomic E-state index is 0.633. The normalized spacial score (nSPS) is 10.8. The first-order valence-corrected chi connectivity index (χ1v) is 9.49. The molecule has 0 saturated carbocycles. The van der Waals surface area contributed by atoms with Crippen LogP contribution in [0, 0.1) is 6.07 Å². The van der Waals surface area contributed by atoms with Crippen molar-refractivity contribution < 1.29 is 0 Å². The number of rotatable bonds is 5. The van der Waals surface area contributed by atoms with Crippen LogP contribution in [0.5, 0.6) is 0 Å². The van der Waals surface area contributed by atoms with Gasteiger partial charge in [-0.3, -0.25) is 0 Å². The van der Waals surface area contributed by atoms with Gasteiger partial charge in [-0.2, -0.15) is 0 Å². The first-order valence-electron chi connectivity index (χ1n) is 9.49. The Bertz CT molecular complexity index is 909. The molecule has 3 heteroatoms. The van der Waals surface area contributed by atoms with E-state index in [4.69, 9.17) is 4.85 Å². The minimum Gasteiger partial charge on any atom is -0.378 e. The fourth-order valence-electron chi connectivity index (χ4n) is 3.54. The summed E-state index contributed by atoms with van der Waals surface area (Å²) in [5, 5.41) is 0. The summed E-state index contributed by atoms with van der Waals surface area (Å²) in [6.45, 7) is 1.86. The Morgan fingerprint density at radius 3 is 1.36 bits per heavy atom. The molecule has 0 saturated heterocycles. The number of anilines is 2. The lowest BCUT2D eigenvalue weighted by Gasteiger charge is -2.22. The Morgan fingerprint density at radius 2 is 1.00 bits per heavy atom. The smallest absolute Gasteiger partial charge is 0.356 e. The lowest BCUT2D eigenvalue weighted by molar-refractivity contribution is 0.772. The van der Waals surface area contributed by atoms with Crippen LogP contribution in [0.1, 0.15) is 23.6 Å². The third-order valence-corrected chi connectivity index (χ3v) is 5.07. The maximum atomic E-state index is 4.94. The van der Waals surface area contributed by atoms with Crippen molar-refractivity contribution >= 4 is 11.4 Å². The van der Waals surface area contributed by atoms with E-state index in [0.717, 1.165) is 28.1 Å². The molecule has 0 aliphatic carbocycles. The van der Waals surface area contributed by atoms with Crippen molar-refractivity contribution in [3.63, 3.8) is 0 Å². The van der Waals surface area contributed by atoms with E-state index in [1.165, 1.54) is 0 Å². The average Bonchev–Trinajstić information content (AvgIpc) is 2.73. The van der Waals surface area contributed by atoms with Crippen molar-refractivity contribution in [3.8, 4) is 6.07 Å². The van der Waals surface area contributed by atoms with Gasteiger partial charge in [0.15, 0.2) is 0 Å². The number of benzene rings is 3. The molecule has 0 aromatic heterocycles. The van der Waals surface area contributed by atoms with Crippen LogP contribution in [0.4, 0.5) is 11.4 Å². The van der Waals surface area contributed by atoms with Gasteiger partial charge in [-0.05, 0) is 48.5 Å². The Labute approximate surface area is 168 Å². The largest absolute Gasteiger partial charge is 0.378 e. The molecular formula is C25H28N3+. The predicted molar refractivity (Wildman–Crippen MR) is 121 cm³/mol. The van der Waals surface area contributed by atoms with Crippen molar-refractivity contribution in [3.05, 3.63) is 100 Å². The second-order valence-electron chi connectivity index (χ2n) is 7.29. The van der Waals surface area contributed by atoms with Crippen LogP contribution in [-0.4, -0.2) is 28.2 Å². The average molecular weight is 371 g/mol. The molecule has 142 valence electrons. The van der Waals surface area contributed by atoms with E-state index >= 15 is 0 Å². The first kappa shape index (κ1) is 19.5. The summed E-state index contributed by atoms with van der Waals surface area (Å²) in [7, 11) is 8.21. The topological polar surface area (TPSA) is 10.8 Å². The van der Waals surface area contributed by atoms with Gasteiger partial charge in [0.1, 0.15) is 0 Å². The molecule has 0 unspecified atom stereocenters. The van der Waals surface area contributed by atoms with Crippen molar-refractivity contribution in [1.29, 1.82) is 0 Å². The zero-order valence-electron chi connectivity index (χ0n) is 17.3. The van der Waals surface area contributed by atoms with Crippen molar-refractivity contribution in [1.82, 2.24) is 0 Å². The Morgan fingerprint density at radius 1 is 0.607 bits per heavy atom. The zero-order valence-corrected chi connectivity index (χ0v) is 17.3. The van der Waals surface area contributed by atoms with E-state index in [0.29, 0.717) is 0 Å². The Hall–Kier alpha value is -3.25. The van der Waals surface area contributed by atoms with Gasteiger partial charge < -0.3 is 9.80 Å². The third-order valence-electron chi connectivity index (χ3n) is 5.07. The zero-order chi connectivity index (χ0) is 20.1. The summed E-state index contributed by atoms with van der Waals surface area (Å²) in [5.74, 6) is 0. The van der Waals surface area contributed by atoms with Crippen LogP contribution in [-0.2, 0) is 5.54 Å². The summed E-state index contributed by atoms with van der Waals surface area (Å²) >= 11 is 0. The van der Waals surface area contributed by atoms with E-state index in [1.54, 1.807) is 0 Å². The SMILES string of the molecule is CC#[N+]C(c1ccccc1)(c1ccc(N(C)C)cc1)c1ccc(N(C)C)cc1. The van der Waals surface area contributed by atoms with Crippen molar-refractivity contribution in [2.75, 3.05) is 38.0 Å². The molecule has 3 rings (SSSR count). The second kappa shape index (κ2) is 8.19. The van der Waals surface area contributed by atoms with Crippen LogP contribution in [0.3, 0.4) is 0 Å². The van der Waals surface area contributed by atoms with E-state index in [-0.39, 0.29) is 0 Å². The number of hydrogen-bond donors (Lipinski definition) is 0. The fourth-order valence-corrected chi connectivity index (χ4v) is 3.54. The lowest BCUT2D eigenvalue weighted by Crippen LogP contribution is -2.25. The molecule has 3 aromatic carbocycles. The molecule has 0 atom stereocenters. The van der Waals surface area contributed by atoms with E-state index in [1.807, 2.05) is 13.0 Å². The summed E-state index contributed by atoms with van der Waals surface area (Å²) in [4.78, 5) is 9.15. The van der Waals surface area contributed by atoms with E-state index in [2.05, 4.69) is 117 Å². The summed E-state index contributed by atoms with van der Waals surface area (Å²) in [6.07, 6.45) is 0. The van der Waals surface area contributed by atoms with Crippen LogP contribution >= 0.6 is 0 Å². The number of nitrogens with zero attached hydrogens (tertiary/aromatic N) is 3. The van der Waals surface area contributed by atoms with Gasteiger partial charge in [0.25, 0.3) is 6.07 Å². The standard InChI is InChI=1S/C25H28N3/c1-6-26-25(20-10-8-7-9-11-20,21-12-16-23(17-13-21)27(2)3)22-14-18-24(19-15-22)28(4)5/h7-19H,1-5H3/q+1. The maximum absolute atomic E-state index is 4.94. The highest BCUT2D eigenvalue weighted by molar-refractivity contribution is 5.59. The van der Waals surface area contributed by atoms with Gasteiger partial charge in [-0.25, -0.2) is 0 Å². The first-order chi connectivity index (χ1) is 13.5. The monoisotopic (exact) mass is 370 g/mol. The molecule has 3 aromatic rings. The minimum atomic E-state index is -0.633. The van der Waals surface area contributed by atoms with E-state index in [9.17, 15) is 0 Å². The molecule has 0 amide bonds. The molecule has 0 aliphatic heterocycles. The maximum Gasteiger partial charge on any atom is 0.356 e. The molecule has 28 heavy (non-hydrogen) atoms. The Kier molecular flexibility index (Phi) is 5.70.